The van der Waals surface area contributed by atoms with E-state index in [1.807, 2.05) is 0 Å². The van der Waals surface area contributed by atoms with E-state index >= 15 is 0 Å². The van der Waals surface area contributed by atoms with E-state index in [1.54, 1.807) is 0 Å². The van der Waals surface area contributed by atoms with Crippen LogP contribution >= 0.6 is 15.9 Å². The third kappa shape index (κ3) is 2.15. The SMILES string of the molecule is C#C[C@]1(CO)O[C@@H](n2ccc(=O)[nH]c2=O)C(Br)C1O. The minimum atomic E-state index is -1.59. The Morgan fingerprint density at radius 2 is 2.32 bits per heavy atom. The summed E-state index contributed by atoms with van der Waals surface area (Å²) in [6.45, 7) is -0.596. The summed E-state index contributed by atoms with van der Waals surface area (Å²) >= 11 is 3.18. The van der Waals surface area contributed by atoms with Gasteiger partial charge in [0, 0.05) is 12.3 Å². The van der Waals surface area contributed by atoms with Gasteiger partial charge in [0.1, 0.15) is 6.10 Å². The van der Waals surface area contributed by atoms with Crippen LogP contribution in [-0.4, -0.2) is 42.9 Å². The highest BCUT2D eigenvalue weighted by atomic mass is 79.9. The predicted octanol–water partition coefficient (Wildman–Crippen LogP) is -1.45. The van der Waals surface area contributed by atoms with E-state index in [-0.39, 0.29) is 0 Å². The van der Waals surface area contributed by atoms with Crippen molar-refractivity contribution in [1.82, 2.24) is 9.55 Å². The van der Waals surface area contributed by atoms with E-state index in [0.29, 0.717) is 0 Å². The number of nitrogens with zero attached hydrogens (tertiary/aromatic N) is 1. The van der Waals surface area contributed by atoms with Crippen molar-refractivity contribution in [1.29, 1.82) is 0 Å². The molecule has 3 N–H and O–H groups in total. The summed E-state index contributed by atoms with van der Waals surface area (Å²) in [5, 5.41) is 19.3. The topological polar surface area (TPSA) is 105 Å². The smallest absolute Gasteiger partial charge is 0.330 e. The first-order valence-corrected chi connectivity index (χ1v) is 6.27. The van der Waals surface area contributed by atoms with Crippen LogP contribution < -0.4 is 11.2 Å². The van der Waals surface area contributed by atoms with Crippen LogP contribution in [0.2, 0.25) is 0 Å². The monoisotopic (exact) mass is 330 g/mol. The molecule has 1 aromatic rings. The van der Waals surface area contributed by atoms with E-state index in [4.69, 9.17) is 11.2 Å². The van der Waals surface area contributed by atoms with Crippen LogP contribution in [0.4, 0.5) is 0 Å². The van der Waals surface area contributed by atoms with E-state index in [2.05, 4.69) is 26.8 Å². The number of hydrogen-bond donors (Lipinski definition) is 3. The van der Waals surface area contributed by atoms with E-state index in [0.717, 1.165) is 10.6 Å². The number of nitrogens with one attached hydrogen (secondary N) is 1. The normalized spacial score (nSPS) is 34.1. The van der Waals surface area contributed by atoms with Gasteiger partial charge in [-0.2, -0.15) is 0 Å². The van der Waals surface area contributed by atoms with Crippen LogP contribution in [0.25, 0.3) is 0 Å². The minimum Gasteiger partial charge on any atom is -0.392 e. The van der Waals surface area contributed by atoms with Crippen molar-refractivity contribution in [3.63, 3.8) is 0 Å². The van der Waals surface area contributed by atoms with Gasteiger partial charge in [0.25, 0.3) is 5.56 Å². The summed E-state index contributed by atoms with van der Waals surface area (Å²) in [4.78, 5) is 24.0. The first-order chi connectivity index (χ1) is 8.95. The Hall–Kier alpha value is -1.40. The van der Waals surface area contributed by atoms with Crippen LogP contribution in [0.3, 0.4) is 0 Å². The molecule has 0 aromatic carbocycles. The summed E-state index contributed by atoms with van der Waals surface area (Å²) < 4.78 is 6.52. The number of alkyl halides is 1. The fraction of sp³-hybridized carbons (Fsp3) is 0.455. The van der Waals surface area contributed by atoms with Crippen molar-refractivity contribution in [2.75, 3.05) is 6.61 Å². The number of aromatic amines is 1. The Balaban J connectivity index is 2.46. The lowest BCUT2D eigenvalue weighted by atomic mass is 9.99. The van der Waals surface area contributed by atoms with Gasteiger partial charge in [0.15, 0.2) is 11.8 Å². The van der Waals surface area contributed by atoms with E-state index in [1.165, 1.54) is 6.20 Å². The van der Waals surface area contributed by atoms with Gasteiger partial charge in [-0.3, -0.25) is 14.3 Å². The average molecular weight is 331 g/mol. The second kappa shape index (κ2) is 4.94. The van der Waals surface area contributed by atoms with Gasteiger partial charge in [-0.25, -0.2) is 4.79 Å². The summed E-state index contributed by atoms with van der Waals surface area (Å²) in [5.74, 6) is 2.20. The summed E-state index contributed by atoms with van der Waals surface area (Å²) in [7, 11) is 0. The van der Waals surface area contributed by atoms with Crippen molar-refractivity contribution in [2.45, 2.75) is 22.8 Å². The highest BCUT2D eigenvalue weighted by molar-refractivity contribution is 9.09. The third-order valence-electron chi connectivity index (χ3n) is 2.99. The van der Waals surface area contributed by atoms with Gasteiger partial charge in [0.2, 0.25) is 0 Å². The van der Waals surface area contributed by atoms with Crippen LogP contribution in [-0.2, 0) is 4.74 Å². The zero-order chi connectivity index (χ0) is 14.2. The van der Waals surface area contributed by atoms with Crippen LogP contribution in [0.5, 0.6) is 0 Å². The van der Waals surface area contributed by atoms with Crippen LogP contribution in [0.1, 0.15) is 6.23 Å². The molecule has 0 aliphatic carbocycles. The second-order valence-electron chi connectivity index (χ2n) is 4.11. The lowest BCUT2D eigenvalue weighted by Crippen LogP contribution is -2.43. The average Bonchev–Trinajstić information content (AvgIpc) is 2.64. The van der Waals surface area contributed by atoms with E-state index < -0.39 is 40.6 Å². The molecule has 1 aliphatic heterocycles. The third-order valence-corrected chi connectivity index (χ3v) is 3.94. The number of H-pyrrole nitrogens is 1. The summed E-state index contributed by atoms with van der Waals surface area (Å²) in [6, 6.07) is 1.14. The second-order valence-corrected chi connectivity index (χ2v) is 5.16. The molecule has 0 spiro atoms. The molecular weight excluding hydrogens is 320 g/mol. The molecule has 7 nitrogen and oxygen atoms in total. The van der Waals surface area contributed by atoms with Gasteiger partial charge >= 0.3 is 5.69 Å². The quantitative estimate of drug-likeness (QED) is 0.455. The molecule has 0 amide bonds. The molecule has 2 heterocycles. The number of rotatable bonds is 2. The first kappa shape index (κ1) is 14.0. The number of aliphatic hydroxyl groups excluding tert-OH is 2. The number of hydrogen-bond acceptors (Lipinski definition) is 5. The molecule has 19 heavy (non-hydrogen) atoms. The predicted molar refractivity (Wildman–Crippen MR) is 68.8 cm³/mol. The fourth-order valence-corrected chi connectivity index (χ4v) is 2.69. The highest BCUT2D eigenvalue weighted by Gasteiger charge is 2.53. The molecule has 4 atom stereocenters. The maximum absolute atomic E-state index is 11.7. The largest absolute Gasteiger partial charge is 0.392 e. The van der Waals surface area contributed by atoms with Crippen molar-refractivity contribution >= 4 is 15.9 Å². The molecule has 0 bridgehead atoms. The van der Waals surface area contributed by atoms with Crippen molar-refractivity contribution in [3.05, 3.63) is 33.1 Å². The number of ether oxygens (including phenoxy) is 1. The first-order valence-electron chi connectivity index (χ1n) is 5.35. The van der Waals surface area contributed by atoms with Crippen LogP contribution in [0, 0.1) is 12.3 Å². The molecule has 2 rings (SSSR count). The van der Waals surface area contributed by atoms with Gasteiger partial charge < -0.3 is 14.9 Å². The minimum absolute atomic E-state index is 0.545. The Bertz CT molecular complexity index is 633. The molecule has 1 fully saturated rings. The number of aromatic nitrogens is 2. The summed E-state index contributed by atoms with van der Waals surface area (Å²) in [5.41, 5.74) is -2.83. The number of terminal acetylenes is 1. The Kier molecular flexibility index (Phi) is 3.64. The lowest BCUT2D eigenvalue weighted by Gasteiger charge is -2.23. The molecule has 102 valence electrons. The van der Waals surface area contributed by atoms with Gasteiger partial charge in [-0.1, -0.05) is 21.9 Å². The zero-order valence-corrected chi connectivity index (χ0v) is 11.2. The molecule has 8 heteroatoms. The summed E-state index contributed by atoms with van der Waals surface area (Å²) in [6.07, 6.45) is 4.36. The van der Waals surface area contributed by atoms with Crippen LogP contribution in [0.15, 0.2) is 21.9 Å². The van der Waals surface area contributed by atoms with Crippen molar-refractivity contribution in [2.24, 2.45) is 0 Å². The molecule has 1 aromatic heterocycles. The molecule has 0 saturated carbocycles. The molecule has 2 unspecified atom stereocenters. The maximum atomic E-state index is 11.7. The van der Waals surface area contributed by atoms with Gasteiger partial charge in [0.05, 0.1) is 11.4 Å². The standard InChI is InChI=1S/C11H11BrN2O5/c1-2-11(5-15)8(17)7(12)9(19-11)14-4-3-6(16)13-10(14)18/h1,3-4,7-9,15,17H,5H2,(H,13,16,18)/t7?,8?,9-,11-/m1/s1. The van der Waals surface area contributed by atoms with Crippen molar-refractivity contribution in [3.8, 4) is 12.3 Å². The molecule has 1 saturated heterocycles. The van der Waals surface area contributed by atoms with E-state index in [9.17, 15) is 19.8 Å². The molecule has 1 aliphatic rings. The number of aliphatic hydroxyl groups is 2. The van der Waals surface area contributed by atoms with Gasteiger partial charge in [-0.05, 0) is 0 Å². The number of halogens is 1. The Morgan fingerprint density at radius 1 is 1.63 bits per heavy atom. The lowest BCUT2D eigenvalue weighted by molar-refractivity contribution is -0.0911. The van der Waals surface area contributed by atoms with Crippen molar-refractivity contribution < 1.29 is 14.9 Å². The Morgan fingerprint density at radius 3 is 2.79 bits per heavy atom. The Labute approximate surface area is 116 Å². The maximum Gasteiger partial charge on any atom is 0.330 e. The molecule has 0 radical (unpaired) electrons. The highest BCUT2D eigenvalue weighted by Crippen LogP contribution is 2.39. The zero-order valence-electron chi connectivity index (χ0n) is 9.62. The fourth-order valence-electron chi connectivity index (χ4n) is 1.90. The molecular formula is C11H11BrN2O5. The van der Waals surface area contributed by atoms with Gasteiger partial charge in [-0.15, -0.1) is 6.42 Å².